The molecule has 2 aliphatic rings. The highest BCUT2D eigenvalue weighted by molar-refractivity contribution is 5.86. The Hall–Kier alpha value is -0.410. The Balaban J connectivity index is 1.96. The maximum absolute atomic E-state index is 13.3. The van der Waals surface area contributed by atoms with Crippen LogP contribution in [0.1, 0.15) is 72.6 Å². The molecular formula is C22H42N2O. The summed E-state index contributed by atoms with van der Waals surface area (Å²) in [7, 11) is 4.29. The number of ketones is 1. The lowest BCUT2D eigenvalue weighted by Gasteiger charge is -2.45. The molecular weight excluding hydrogens is 308 g/mol. The van der Waals surface area contributed by atoms with Crippen LogP contribution in [0.3, 0.4) is 0 Å². The number of Topliss-reactive ketones (excluding diaryl/α,β-unsaturated/α-hetero) is 1. The Morgan fingerprint density at radius 3 is 2.20 bits per heavy atom. The summed E-state index contributed by atoms with van der Waals surface area (Å²) in [5.41, 5.74) is 0.276. The van der Waals surface area contributed by atoms with E-state index in [9.17, 15) is 4.79 Å². The van der Waals surface area contributed by atoms with Gasteiger partial charge in [-0.25, -0.2) is 0 Å². The van der Waals surface area contributed by atoms with E-state index in [1.54, 1.807) is 0 Å². The van der Waals surface area contributed by atoms with Crippen LogP contribution in [-0.2, 0) is 4.79 Å². The zero-order valence-electron chi connectivity index (χ0n) is 17.7. The van der Waals surface area contributed by atoms with Crippen LogP contribution in [0.2, 0.25) is 0 Å². The minimum atomic E-state index is -0.0219. The smallest absolute Gasteiger partial charge is 0.139 e. The van der Waals surface area contributed by atoms with Crippen LogP contribution in [0.5, 0.6) is 0 Å². The lowest BCUT2D eigenvalue weighted by atomic mass is 9.58. The standard InChI is InChI=1S/C22H42N2O/c1-18(2)14-22(15-19(3)4)9-8-21(16-20(22)25)10-13-24(17-21)12-7-11-23(5)6/h18-19H,7-17H2,1-6H3. The lowest BCUT2D eigenvalue weighted by molar-refractivity contribution is -0.138. The highest BCUT2D eigenvalue weighted by Crippen LogP contribution is 2.52. The van der Waals surface area contributed by atoms with Gasteiger partial charge in [0.2, 0.25) is 0 Å². The van der Waals surface area contributed by atoms with Crippen molar-refractivity contribution in [3.63, 3.8) is 0 Å². The van der Waals surface area contributed by atoms with Crippen LogP contribution in [0, 0.1) is 22.7 Å². The summed E-state index contributed by atoms with van der Waals surface area (Å²) in [5.74, 6) is 1.82. The molecule has 3 heteroatoms. The van der Waals surface area contributed by atoms with Crippen molar-refractivity contribution in [3.8, 4) is 0 Å². The first-order chi connectivity index (χ1) is 11.7. The van der Waals surface area contributed by atoms with Gasteiger partial charge in [-0.3, -0.25) is 4.79 Å². The first-order valence-corrected chi connectivity index (χ1v) is 10.6. The minimum absolute atomic E-state index is 0.0219. The first-order valence-electron chi connectivity index (χ1n) is 10.6. The number of carbonyl (C=O) groups is 1. The Kier molecular flexibility index (Phi) is 7.12. The second-order valence-corrected chi connectivity index (χ2v) is 10.3. The highest BCUT2D eigenvalue weighted by Gasteiger charge is 2.50. The fourth-order valence-electron chi connectivity index (χ4n) is 5.52. The maximum atomic E-state index is 13.3. The molecule has 1 spiro atoms. The van der Waals surface area contributed by atoms with Crippen LogP contribution in [0.15, 0.2) is 0 Å². The predicted molar refractivity (Wildman–Crippen MR) is 107 cm³/mol. The van der Waals surface area contributed by atoms with Crippen molar-refractivity contribution in [1.29, 1.82) is 0 Å². The molecule has 1 aliphatic heterocycles. The number of likely N-dealkylation sites (tertiary alicyclic amines) is 1. The molecule has 1 heterocycles. The molecule has 0 aromatic heterocycles. The zero-order valence-corrected chi connectivity index (χ0v) is 17.7. The minimum Gasteiger partial charge on any atom is -0.309 e. The molecule has 1 unspecified atom stereocenters. The molecule has 3 nitrogen and oxygen atoms in total. The van der Waals surface area contributed by atoms with E-state index in [0.717, 1.165) is 38.8 Å². The Morgan fingerprint density at radius 1 is 1.04 bits per heavy atom. The van der Waals surface area contributed by atoms with Gasteiger partial charge in [-0.2, -0.15) is 0 Å². The first kappa shape index (κ1) is 20.9. The maximum Gasteiger partial charge on any atom is 0.139 e. The van der Waals surface area contributed by atoms with Crippen molar-refractivity contribution in [3.05, 3.63) is 0 Å². The molecule has 1 atom stereocenters. The van der Waals surface area contributed by atoms with Crippen molar-refractivity contribution >= 4 is 5.78 Å². The summed E-state index contributed by atoms with van der Waals surface area (Å²) in [6.07, 6.45) is 7.90. The van der Waals surface area contributed by atoms with E-state index < -0.39 is 0 Å². The normalized spacial score (nSPS) is 27.3. The Bertz CT molecular complexity index is 433. The summed E-state index contributed by atoms with van der Waals surface area (Å²) >= 11 is 0. The molecule has 2 fully saturated rings. The molecule has 0 radical (unpaired) electrons. The molecule has 0 bridgehead atoms. The van der Waals surface area contributed by atoms with Gasteiger partial charge in [-0.15, -0.1) is 0 Å². The molecule has 25 heavy (non-hydrogen) atoms. The van der Waals surface area contributed by atoms with Crippen molar-refractivity contribution in [2.75, 3.05) is 40.3 Å². The molecule has 2 rings (SSSR count). The summed E-state index contributed by atoms with van der Waals surface area (Å²) < 4.78 is 0. The van der Waals surface area contributed by atoms with E-state index in [1.807, 2.05) is 0 Å². The summed E-state index contributed by atoms with van der Waals surface area (Å²) in [4.78, 5) is 18.2. The van der Waals surface area contributed by atoms with E-state index in [4.69, 9.17) is 0 Å². The van der Waals surface area contributed by atoms with Gasteiger partial charge in [0, 0.05) is 18.4 Å². The van der Waals surface area contributed by atoms with Crippen molar-refractivity contribution in [2.45, 2.75) is 72.6 Å². The molecule has 0 amide bonds. The fourth-order valence-corrected chi connectivity index (χ4v) is 5.52. The van der Waals surface area contributed by atoms with Gasteiger partial charge in [-0.1, -0.05) is 27.7 Å². The fraction of sp³-hybridized carbons (Fsp3) is 0.955. The van der Waals surface area contributed by atoms with Gasteiger partial charge in [0.05, 0.1) is 0 Å². The number of rotatable bonds is 8. The van der Waals surface area contributed by atoms with Crippen molar-refractivity contribution in [1.82, 2.24) is 9.80 Å². The third-order valence-corrected chi connectivity index (χ3v) is 6.46. The van der Waals surface area contributed by atoms with E-state index in [-0.39, 0.29) is 5.41 Å². The molecule has 1 saturated heterocycles. The van der Waals surface area contributed by atoms with Gasteiger partial charge in [0.1, 0.15) is 5.78 Å². The SMILES string of the molecule is CC(C)CC1(CC(C)C)CCC2(CCN(CCCN(C)C)C2)CC1=O. The summed E-state index contributed by atoms with van der Waals surface area (Å²) in [6, 6.07) is 0. The largest absolute Gasteiger partial charge is 0.309 e. The molecule has 0 aromatic carbocycles. The molecule has 146 valence electrons. The predicted octanol–water partition coefficient (Wildman–Crippen LogP) is 4.46. The second kappa shape index (κ2) is 8.52. The van der Waals surface area contributed by atoms with Gasteiger partial charge in [0.15, 0.2) is 0 Å². The van der Waals surface area contributed by atoms with Gasteiger partial charge in [0.25, 0.3) is 0 Å². The number of hydrogen-bond acceptors (Lipinski definition) is 3. The highest BCUT2D eigenvalue weighted by atomic mass is 16.1. The molecule has 1 saturated carbocycles. The monoisotopic (exact) mass is 350 g/mol. The van der Waals surface area contributed by atoms with Crippen LogP contribution < -0.4 is 0 Å². The Morgan fingerprint density at radius 2 is 1.68 bits per heavy atom. The topological polar surface area (TPSA) is 23.6 Å². The zero-order chi connectivity index (χ0) is 18.7. The Labute approximate surface area is 156 Å². The van der Waals surface area contributed by atoms with Crippen LogP contribution >= 0.6 is 0 Å². The molecule has 1 aliphatic carbocycles. The third-order valence-electron chi connectivity index (χ3n) is 6.46. The van der Waals surface area contributed by atoms with Gasteiger partial charge < -0.3 is 9.80 Å². The average Bonchev–Trinajstić information content (AvgIpc) is 2.85. The summed E-state index contributed by atoms with van der Waals surface area (Å²) in [6.45, 7) is 13.8. The van der Waals surface area contributed by atoms with E-state index in [1.165, 1.54) is 32.4 Å². The molecule has 0 aromatic rings. The van der Waals surface area contributed by atoms with Crippen molar-refractivity contribution in [2.24, 2.45) is 22.7 Å². The molecule has 0 N–H and O–H groups in total. The lowest BCUT2D eigenvalue weighted by Crippen LogP contribution is -2.45. The van der Waals surface area contributed by atoms with Crippen molar-refractivity contribution < 1.29 is 4.79 Å². The van der Waals surface area contributed by atoms with Crippen LogP contribution in [0.25, 0.3) is 0 Å². The van der Waals surface area contributed by atoms with E-state index >= 15 is 0 Å². The van der Waals surface area contributed by atoms with E-state index in [2.05, 4.69) is 51.6 Å². The number of nitrogens with zero attached hydrogens (tertiary/aromatic N) is 2. The number of hydrogen-bond donors (Lipinski definition) is 0. The quantitative estimate of drug-likeness (QED) is 0.645. The second-order valence-electron chi connectivity index (χ2n) is 10.3. The van der Waals surface area contributed by atoms with Crippen LogP contribution in [-0.4, -0.2) is 55.9 Å². The van der Waals surface area contributed by atoms with Gasteiger partial charge in [-0.05, 0) is 89.5 Å². The van der Waals surface area contributed by atoms with E-state index in [0.29, 0.717) is 23.0 Å². The van der Waals surface area contributed by atoms with Gasteiger partial charge >= 0.3 is 0 Å². The average molecular weight is 351 g/mol. The third kappa shape index (κ3) is 5.53. The number of carbonyl (C=O) groups excluding carboxylic acids is 1. The summed E-state index contributed by atoms with van der Waals surface area (Å²) in [5, 5.41) is 0. The van der Waals surface area contributed by atoms with Crippen LogP contribution in [0.4, 0.5) is 0 Å².